The van der Waals surface area contributed by atoms with Gasteiger partial charge in [0.25, 0.3) is 0 Å². The van der Waals surface area contributed by atoms with Crippen LogP contribution in [0.2, 0.25) is 0 Å². The molecule has 5 nitrogen and oxygen atoms in total. The Bertz CT molecular complexity index is 794. The molecule has 0 unspecified atom stereocenters. The predicted octanol–water partition coefficient (Wildman–Crippen LogP) is 3.04. The van der Waals surface area contributed by atoms with E-state index >= 15 is 0 Å². The summed E-state index contributed by atoms with van der Waals surface area (Å²) >= 11 is 3.29. The summed E-state index contributed by atoms with van der Waals surface area (Å²) in [7, 11) is 1.84. The zero-order valence-corrected chi connectivity index (χ0v) is 16.3. The zero-order valence-electron chi connectivity index (χ0n) is 13.9. The molecule has 0 aromatic heterocycles. The Morgan fingerprint density at radius 1 is 1.17 bits per heavy atom. The highest BCUT2D eigenvalue weighted by Gasteiger charge is 2.21. The lowest BCUT2D eigenvalue weighted by atomic mass is 10.1. The SMILES string of the molecule is COc1cccc([C@H](CNS(=O)(=O)c2ccccc2Br)N(C)C)c1. The Balaban J connectivity index is 2.21. The van der Waals surface area contributed by atoms with Gasteiger partial charge in [0.2, 0.25) is 10.0 Å². The molecule has 1 atom stereocenters. The molecule has 0 aliphatic rings. The second-order valence-corrected chi connectivity index (χ2v) is 8.13. The first-order valence-electron chi connectivity index (χ1n) is 7.39. The molecule has 2 rings (SSSR count). The number of methoxy groups -OCH3 is 1. The lowest BCUT2D eigenvalue weighted by Gasteiger charge is -2.25. The molecule has 2 aromatic carbocycles. The van der Waals surface area contributed by atoms with E-state index in [1.807, 2.05) is 43.3 Å². The monoisotopic (exact) mass is 412 g/mol. The van der Waals surface area contributed by atoms with Crippen molar-refractivity contribution in [3.05, 3.63) is 58.6 Å². The molecule has 24 heavy (non-hydrogen) atoms. The molecule has 1 N–H and O–H groups in total. The quantitative estimate of drug-likeness (QED) is 0.758. The number of nitrogens with one attached hydrogen (secondary N) is 1. The van der Waals surface area contributed by atoms with Crippen molar-refractivity contribution < 1.29 is 13.2 Å². The van der Waals surface area contributed by atoms with Crippen LogP contribution in [0.15, 0.2) is 57.9 Å². The molecule has 0 aliphatic heterocycles. The van der Waals surface area contributed by atoms with E-state index < -0.39 is 10.0 Å². The first-order valence-corrected chi connectivity index (χ1v) is 9.67. The van der Waals surface area contributed by atoms with Gasteiger partial charge in [-0.3, -0.25) is 0 Å². The first kappa shape index (κ1) is 18.9. The molecule has 0 saturated carbocycles. The molecule has 0 amide bonds. The molecule has 0 bridgehead atoms. The van der Waals surface area contributed by atoms with Crippen molar-refractivity contribution in [2.45, 2.75) is 10.9 Å². The Hall–Kier alpha value is -1.41. The van der Waals surface area contributed by atoms with E-state index in [0.717, 1.165) is 11.3 Å². The third-order valence-electron chi connectivity index (χ3n) is 3.69. The van der Waals surface area contributed by atoms with Gasteiger partial charge in [0.1, 0.15) is 5.75 Å². The van der Waals surface area contributed by atoms with Crippen LogP contribution in [-0.4, -0.2) is 41.1 Å². The Morgan fingerprint density at radius 3 is 2.50 bits per heavy atom. The highest BCUT2D eigenvalue weighted by atomic mass is 79.9. The van der Waals surface area contributed by atoms with Gasteiger partial charge in [0, 0.05) is 17.1 Å². The molecular weight excluding hydrogens is 392 g/mol. The lowest BCUT2D eigenvalue weighted by Crippen LogP contribution is -2.34. The second-order valence-electron chi connectivity index (χ2n) is 5.54. The van der Waals surface area contributed by atoms with E-state index in [1.54, 1.807) is 31.4 Å². The smallest absolute Gasteiger partial charge is 0.241 e. The second kappa shape index (κ2) is 8.11. The van der Waals surface area contributed by atoms with Gasteiger partial charge in [0.15, 0.2) is 0 Å². The normalized spacial score (nSPS) is 13.0. The van der Waals surface area contributed by atoms with E-state index in [1.165, 1.54) is 0 Å². The fourth-order valence-electron chi connectivity index (χ4n) is 2.38. The van der Waals surface area contributed by atoms with Gasteiger partial charge in [-0.15, -0.1) is 0 Å². The molecule has 0 radical (unpaired) electrons. The first-order chi connectivity index (χ1) is 11.3. The van der Waals surface area contributed by atoms with Crippen LogP contribution in [-0.2, 0) is 10.0 Å². The maximum Gasteiger partial charge on any atom is 0.241 e. The number of ether oxygens (including phenoxy) is 1. The van der Waals surface area contributed by atoms with Crippen molar-refractivity contribution in [1.29, 1.82) is 0 Å². The molecule has 0 aliphatic carbocycles. The van der Waals surface area contributed by atoms with E-state index in [9.17, 15) is 8.42 Å². The fraction of sp³-hybridized carbons (Fsp3) is 0.294. The van der Waals surface area contributed by atoms with Crippen molar-refractivity contribution in [3.8, 4) is 5.75 Å². The fourth-order valence-corrected chi connectivity index (χ4v) is 4.42. The van der Waals surface area contributed by atoms with Crippen LogP contribution in [0, 0.1) is 0 Å². The number of hydrogen-bond acceptors (Lipinski definition) is 4. The summed E-state index contributed by atoms with van der Waals surface area (Å²) in [5.74, 6) is 0.744. The van der Waals surface area contributed by atoms with E-state index in [-0.39, 0.29) is 17.5 Å². The van der Waals surface area contributed by atoms with Crippen molar-refractivity contribution in [2.24, 2.45) is 0 Å². The number of halogens is 1. The molecule has 130 valence electrons. The summed E-state index contributed by atoms with van der Waals surface area (Å²) in [5.41, 5.74) is 0.981. The maximum absolute atomic E-state index is 12.6. The number of nitrogens with zero attached hydrogens (tertiary/aromatic N) is 1. The van der Waals surface area contributed by atoms with Gasteiger partial charge in [-0.1, -0.05) is 24.3 Å². The minimum absolute atomic E-state index is 0.114. The van der Waals surface area contributed by atoms with E-state index in [2.05, 4.69) is 20.7 Å². The third kappa shape index (κ3) is 4.57. The minimum Gasteiger partial charge on any atom is -0.497 e. The van der Waals surface area contributed by atoms with Crippen LogP contribution in [0.3, 0.4) is 0 Å². The Morgan fingerprint density at radius 2 is 1.88 bits per heavy atom. The minimum atomic E-state index is -3.60. The van der Waals surface area contributed by atoms with Crippen LogP contribution in [0.4, 0.5) is 0 Å². The van der Waals surface area contributed by atoms with Crippen LogP contribution < -0.4 is 9.46 Å². The van der Waals surface area contributed by atoms with Gasteiger partial charge in [0.05, 0.1) is 12.0 Å². The predicted molar refractivity (Wildman–Crippen MR) is 98.8 cm³/mol. The molecule has 0 fully saturated rings. The third-order valence-corrected chi connectivity index (χ3v) is 6.13. The summed E-state index contributed by atoms with van der Waals surface area (Å²) in [5, 5.41) is 0. The number of rotatable bonds is 7. The Labute approximate surface area is 151 Å². The molecule has 0 saturated heterocycles. The van der Waals surface area contributed by atoms with Gasteiger partial charge >= 0.3 is 0 Å². The summed E-state index contributed by atoms with van der Waals surface area (Å²) in [4.78, 5) is 2.20. The van der Waals surface area contributed by atoms with Crippen LogP contribution in [0.5, 0.6) is 5.75 Å². The largest absolute Gasteiger partial charge is 0.497 e. The van der Waals surface area contributed by atoms with Gasteiger partial charge in [-0.05, 0) is 59.9 Å². The van der Waals surface area contributed by atoms with Crippen molar-refractivity contribution in [2.75, 3.05) is 27.7 Å². The number of hydrogen-bond donors (Lipinski definition) is 1. The summed E-state index contributed by atoms with van der Waals surface area (Å²) in [6.45, 7) is 0.254. The topological polar surface area (TPSA) is 58.6 Å². The zero-order chi connectivity index (χ0) is 17.7. The van der Waals surface area contributed by atoms with Crippen LogP contribution >= 0.6 is 15.9 Å². The molecule has 2 aromatic rings. The van der Waals surface area contributed by atoms with Gasteiger partial charge in [-0.25, -0.2) is 13.1 Å². The molecule has 0 heterocycles. The number of sulfonamides is 1. The number of likely N-dealkylation sites (N-methyl/N-ethyl adjacent to an activating group) is 1. The summed E-state index contributed by atoms with van der Waals surface area (Å²) < 4.78 is 33.6. The molecular formula is C17H21BrN2O3S. The van der Waals surface area contributed by atoms with Gasteiger partial charge < -0.3 is 9.64 Å². The van der Waals surface area contributed by atoms with Crippen molar-refractivity contribution in [3.63, 3.8) is 0 Å². The maximum atomic E-state index is 12.6. The summed E-state index contributed by atoms with van der Waals surface area (Å²) in [6, 6.07) is 14.3. The van der Waals surface area contributed by atoms with Crippen LogP contribution in [0.1, 0.15) is 11.6 Å². The van der Waals surface area contributed by atoms with Gasteiger partial charge in [-0.2, -0.15) is 0 Å². The molecule has 7 heteroatoms. The summed E-state index contributed by atoms with van der Waals surface area (Å²) in [6.07, 6.45) is 0. The average molecular weight is 413 g/mol. The van der Waals surface area contributed by atoms with Crippen molar-refractivity contribution in [1.82, 2.24) is 9.62 Å². The van der Waals surface area contributed by atoms with E-state index in [0.29, 0.717) is 4.47 Å². The lowest BCUT2D eigenvalue weighted by molar-refractivity contribution is 0.298. The van der Waals surface area contributed by atoms with E-state index in [4.69, 9.17) is 4.74 Å². The Kier molecular flexibility index (Phi) is 6.40. The number of benzene rings is 2. The van der Waals surface area contributed by atoms with Crippen LogP contribution in [0.25, 0.3) is 0 Å². The average Bonchev–Trinajstić information content (AvgIpc) is 2.55. The highest BCUT2D eigenvalue weighted by Crippen LogP contribution is 2.24. The van der Waals surface area contributed by atoms with Crippen molar-refractivity contribution >= 4 is 26.0 Å². The highest BCUT2D eigenvalue weighted by molar-refractivity contribution is 9.10. The molecule has 0 spiro atoms. The standard InChI is InChI=1S/C17H21BrN2O3S/c1-20(2)16(13-7-6-8-14(11-13)23-3)12-19-24(21,22)17-10-5-4-9-15(17)18/h4-11,16,19H,12H2,1-3H3/t16-/m0/s1.